The molecule has 1 N–H and O–H groups in total. The number of anilines is 1. The van der Waals surface area contributed by atoms with Gasteiger partial charge in [-0.25, -0.2) is 4.79 Å². The van der Waals surface area contributed by atoms with Crippen molar-refractivity contribution < 1.29 is 33.3 Å². The van der Waals surface area contributed by atoms with E-state index in [1.807, 2.05) is 12.1 Å². The number of carbonyl (C=O) groups is 3. The number of hydrogen-bond donors (Lipinski definition) is 1. The average Bonchev–Trinajstić information content (AvgIpc) is 3.08. The third kappa shape index (κ3) is 3.85. The van der Waals surface area contributed by atoms with Gasteiger partial charge in [0.25, 0.3) is 5.91 Å². The van der Waals surface area contributed by atoms with Crippen molar-refractivity contribution in [3.63, 3.8) is 0 Å². The third-order valence-corrected chi connectivity index (χ3v) is 6.25. The van der Waals surface area contributed by atoms with Crippen LogP contribution >= 0.6 is 0 Å². The maximum Gasteiger partial charge on any atom is 0.327 e. The molecule has 0 spiro atoms. The van der Waals surface area contributed by atoms with E-state index in [-0.39, 0.29) is 30.8 Å². The number of hydrogen-bond acceptors (Lipinski definition) is 7. The zero-order valence-electron chi connectivity index (χ0n) is 19.0. The van der Waals surface area contributed by atoms with Crippen molar-refractivity contribution in [1.82, 2.24) is 9.80 Å². The van der Waals surface area contributed by atoms with Crippen LogP contribution in [0, 0.1) is 0 Å². The van der Waals surface area contributed by atoms with Gasteiger partial charge in [-0.2, -0.15) is 0 Å². The van der Waals surface area contributed by atoms with Gasteiger partial charge in [0, 0.05) is 37.7 Å². The fourth-order valence-corrected chi connectivity index (χ4v) is 4.53. The standard InChI is InChI=1S/C24H25N3O7/c1-31-19-10-14-9-17-23(29)26(24(30)27(17)13-15(14)11-20(19)32-2)6-5-22(28)25-16-3-4-18-21(12-16)34-8-7-33-18/h3-4,10-12,17H,5-9,13H2,1-2H3,(H,25,28). The van der Waals surface area contributed by atoms with Gasteiger partial charge in [0.05, 0.1) is 14.2 Å². The van der Waals surface area contributed by atoms with E-state index in [0.717, 1.165) is 16.0 Å². The van der Waals surface area contributed by atoms with Crippen LogP contribution in [0.15, 0.2) is 30.3 Å². The second-order valence-corrected chi connectivity index (χ2v) is 8.25. The molecule has 10 heteroatoms. The van der Waals surface area contributed by atoms with Crippen molar-refractivity contribution in [2.45, 2.75) is 25.4 Å². The quantitative estimate of drug-likeness (QED) is 0.649. The molecule has 3 heterocycles. The van der Waals surface area contributed by atoms with Crippen molar-refractivity contribution in [3.8, 4) is 23.0 Å². The summed E-state index contributed by atoms with van der Waals surface area (Å²) in [4.78, 5) is 41.2. The van der Waals surface area contributed by atoms with E-state index in [9.17, 15) is 14.4 Å². The van der Waals surface area contributed by atoms with Crippen molar-refractivity contribution >= 4 is 23.5 Å². The highest BCUT2D eigenvalue weighted by atomic mass is 16.6. The molecule has 1 atom stereocenters. The molecule has 34 heavy (non-hydrogen) atoms. The minimum atomic E-state index is -0.584. The number of amides is 4. The number of imide groups is 1. The SMILES string of the molecule is COc1cc2c(cc1OC)CN1C(=O)N(CCC(=O)Nc3ccc4c(c3)OCCO4)C(=O)C1C2. The van der Waals surface area contributed by atoms with Gasteiger partial charge in [0.2, 0.25) is 5.91 Å². The Kier molecular flexibility index (Phi) is 5.64. The largest absolute Gasteiger partial charge is 0.493 e. The molecule has 3 aliphatic heterocycles. The summed E-state index contributed by atoms with van der Waals surface area (Å²) in [5.74, 6) is 1.76. The number of nitrogens with zero attached hydrogens (tertiary/aromatic N) is 2. The molecule has 0 aliphatic carbocycles. The number of rotatable bonds is 6. The molecule has 178 valence electrons. The Hall–Kier alpha value is -3.95. The Morgan fingerprint density at radius 1 is 1.03 bits per heavy atom. The first-order valence-electron chi connectivity index (χ1n) is 11.0. The number of ether oxygens (including phenoxy) is 4. The predicted octanol–water partition coefficient (Wildman–Crippen LogP) is 2.19. The summed E-state index contributed by atoms with van der Waals surface area (Å²) in [6, 6.07) is 7.87. The molecule has 2 aromatic carbocycles. The normalized spacial score (nSPS) is 18.4. The summed E-state index contributed by atoms with van der Waals surface area (Å²) >= 11 is 0. The lowest BCUT2D eigenvalue weighted by Gasteiger charge is -2.29. The Morgan fingerprint density at radius 2 is 1.74 bits per heavy atom. The first kappa shape index (κ1) is 21.9. The van der Waals surface area contributed by atoms with E-state index < -0.39 is 6.04 Å². The van der Waals surface area contributed by atoms with Crippen LogP contribution in [-0.4, -0.2) is 67.7 Å². The number of methoxy groups -OCH3 is 2. The van der Waals surface area contributed by atoms with Crippen molar-refractivity contribution in [2.24, 2.45) is 0 Å². The fraction of sp³-hybridized carbons (Fsp3) is 0.375. The molecule has 1 saturated heterocycles. The first-order chi connectivity index (χ1) is 16.5. The summed E-state index contributed by atoms with van der Waals surface area (Å²) in [5.41, 5.74) is 2.41. The van der Waals surface area contributed by atoms with E-state index in [2.05, 4.69) is 5.32 Å². The Balaban J connectivity index is 1.23. The van der Waals surface area contributed by atoms with Gasteiger partial charge in [-0.15, -0.1) is 0 Å². The van der Waals surface area contributed by atoms with Crippen LogP contribution in [0.2, 0.25) is 0 Å². The van der Waals surface area contributed by atoms with Gasteiger partial charge >= 0.3 is 6.03 Å². The predicted molar refractivity (Wildman–Crippen MR) is 120 cm³/mol. The lowest BCUT2D eigenvalue weighted by atomic mass is 9.94. The van der Waals surface area contributed by atoms with Gasteiger partial charge in [-0.05, 0) is 35.4 Å². The topological polar surface area (TPSA) is 107 Å². The lowest BCUT2D eigenvalue weighted by molar-refractivity contribution is -0.128. The second kappa shape index (κ2) is 8.77. The van der Waals surface area contributed by atoms with Crippen molar-refractivity contribution in [2.75, 3.05) is 39.3 Å². The van der Waals surface area contributed by atoms with Crippen LogP contribution in [0.1, 0.15) is 17.5 Å². The van der Waals surface area contributed by atoms with Gasteiger partial charge < -0.3 is 29.2 Å². The molecule has 10 nitrogen and oxygen atoms in total. The molecule has 3 aliphatic rings. The average molecular weight is 467 g/mol. The molecule has 0 bridgehead atoms. The third-order valence-electron chi connectivity index (χ3n) is 6.25. The molecule has 0 aromatic heterocycles. The van der Waals surface area contributed by atoms with Crippen LogP contribution in [0.3, 0.4) is 0 Å². The number of benzene rings is 2. The maximum atomic E-state index is 13.0. The fourth-order valence-electron chi connectivity index (χ4n) is 4.53. The van der Waals surface area contributed by atoms with Crippen molar-refractivity contribution in [1.29, 1.82) is 0 Å². The first-order valence-corrected chi connectivity index (χ1v) is 11.0. The van der Waals surface area contributed by atoms with E-state index in [4.69, 9.17) is 18.9 Å². The molecule has 0 saturated carbocycles. The molecule has 1 fully saturated rings. The smallest absolute Gasteiger partial charge is 0.327 e. The number of carbonyl (C=O) groups excluding carboxylic acids is 3. The van der Waals surface area contributed by atoms with E-state index in [1.165, 1.54) is 0 Å². The van der Waals surface area contributed by atoms with Crippen LogP contribution < -0.4 is 24.3 Å². The maximum absolute atomic E-state index is 13.0. The van der Waals surface area contributed by atoms with Gasteiger partial charge in [0.1, 0.15) is 19.3 Å². The van der Waals surface area contributed by atoms with Gasteiger partial charge in [0.15, 0.2) is 23.0 Å². The molecule has 2 aromatic rings. The molecular formula is C24H25N3O7. The lowest BCUT2D eigenvalue weighted by Crippen LogP contribution is -2.40. The van der Waals surface area contributed by atoms with Crippen LogP contribution in [0.4, 0.5) is 10.5 Å². The summed E-state index contributed by atoms with van der Waals surface area (Å²) in [6.07, 6.45) is 0.376. The van der Waals surface area contributed by atoms with Crippen LogP contribution in [0.25, 0.3) is 0 Å². The van der Waals surface area contributed by atoms with Crippen LogP contribution in [-0.2, 0) is 22.6 Å². The monoisotopic (exact) mass is 467 g/mol. The Morgan fingerprint density at radius 3 is 2.47 bits per heavy atom. The summed E-state index contributed by atoms with van der Waals surface area (Å²) in [7, 11) is 3.11. The zero-order valence-corrected chi connectivity index (χ0v) is 19.0. The van der Waals surface area contributed by atoms with Gasteiger partial charge in [-0.1, -0.05) is 0 Å². The highest BCUT2D eigenvalue weighted by Crippen LogP contribution is 2.37. The highest BCUT2D eigenvalue weighted by Gasteiger charge is 2.47. The second-order valence-electron chi connectivity index (χ2n) is 8.25. The van der Waals surface area contributed by atoms with E-state index in [0.29, 0.717) is 54.9 Å². The van der Waals surface area contributed by atoms with Crippen molar-refractivity contribution in [3.05, 3.63) is 41.5 Å². The Bertz CT molecular complexity index is 1110. The number of nitrogens with one attached hydrogen (secondary N) is 1. The molecule has 0 radical (unpaired) electrons. The summed E-state index contributed by atoms with van der Waals surface area (Å²) in [5, 5.41) is 2.78. The minimum absolute atomic E-state index is 0.00401. The number of fused-ring (bicyclic) bond motifs is 3. The van der Waals surface area contributed by atoms with E-state index >= 15 is 0 Å². The molecule has 1 unspecified atom stereocenters. The number of urea groups is 1. The van der Waals surface area contributed by atoms with E-state index in [1.54, 1.807) is 37.3 Å². The summed E-state index contributed by atoms with van der Waals surface area (Å²) < 4.78 is 21.7. The zero-order chi connectivity index (χ0) is 23.8. The van der Waals surface area contributed by atoms with Gasteiger partial charge in [-0.3, -0.25) is 14.5 Å². The highest BCUT2D eigenvalue weighted by molar-refractivity contribution is 6.05. The molecule has 5 rings (SSSR count). The minimum Gasteiger partial charge on any atom is -0.493 e. The Labute approximate surface area is 196 Å². The molecular weight excluding hydrogens is 442 g/mol. The van der Waals surface area contributed by atoms with Crippen LogP contribution in [0.5, 0.6) is 23.0 Å². The summed E-state index contributed by atoms with van der Waals surface area (Å²) in [6.45, 7) is 1.24. The molecule has 4 amide bonds.